The fourth-order valence-corrected chi connectivity index (χ4v) is 2.80. The van der Waals surface area contributed by atoms with Crippen molar-refractivity contribution >= 4 is 11.8 Å². The SMILES string of the molecule is CCCNCC(CCSC)Cc1ccccc1OC. The highest BCUT2D eigenvalue weighted by Crippen LogP contribution is 2.22. The number of hydrogen-bond acceptors (Lipinski definition) is 3. The minimum Gasteiger partial charge on any atom is -0.496 e. The highest BCUT2D eigenvalue weighted by atomic mass is 32.2. The first-order valence-electron chi connectivity index (χ1n) is 7.13. The topological polar surface area (TPSA) is 21.3 Å². The average molecular weight is 281 g/mol. The van der Waals surface area contributed by atoms with Gasteiger partial charge in [-0.1, -0.05) is 25.1 Å². The minimum absolute atomic E-state index is 0.690. The zero-order valence-corrected chi connectivity index (χ0v) is 13.3. The van der Waals surface area contributed by atoms with Crippen LogP contribution in [-0.4, -0.2) is 32.2 Å². The number of hydrogen-bond donors (Lipinski definition) is 1. The van der Waals surface area contributed by atoms with E-state index in [1.165, 1.54) is 24.2 Å². The van der Waals surface area contributed by atoms with Crippen LogP contribution in [0.2, 0.25) is 0 Å². The summed E-state index contributed by atoms with van der Waals surface area (Å²) in [6.07, 6.45) is 5.74. The van der Waals surface area contributed by atoms with Gasteiger partial charge in [0.15, 0.2) is 0 Å². The molecular weight excluding hydrogens is 254 g/mol. The summed E-state index contributed by atoms with van der Waals surface area (Å²) >= 11 is 1.93. The molecule has 1 unspecified atom stereocenters. The average Bonchev–Trinajstić information content (AvgIpc) is 2.45. The van der Waals surface area contributed by atoms with Crippen molar-refractivity contribution in [3.63, 3.8) is 0 Å². The molecule has 0 heterocycles. The number of para-hydroxylation sites is 1. The highest BCUT2D eigenvalue weighted by Gasteiger charge is 2.12. The van der Waals surface area contributed by atoms with Crippen LogP contribution >= 0.6 is 11.8 Å². The van der Waals surface area contributed by atoms with Crippen molar-refractivity contribution in [3.8, 4) is 5.75 Å². The Kier molecular flexibility index (Phi) is 8.76. The van der Waals surface area contributed by atoms with Gasteiger partial charge in [0.1, 0.15) is 5.75 Å². The molecule has 1 rings (SSSR count). The Morgan fingerprint density at radius 1 is 1.32 bits per heavy atom. The van der Waals surface area contributed by atoms with Crippen molar-refractivity contribution in [1.29, 1.82) is 0 Å². The molecule has 0 fully saturated rings. The standard InChI is InChI=1S/C16H27NOS/c1-4-10-17-13-14(9-11-19-3)12-15-7-5-6-8-16(15)18-2/h5-8,14,17H,4,9-13H2,1-3H3. The van der Waals surface area contributed by atoms with Gasteiger partial charge < -0.3 is 10.1 Å². The van der Waals surface area contributed by atoms with Crippen molar-refractivity contribution in [3.05, 3.63) is 29.8 Å². The van der Waals surface area contributed by atoms with E-state index in [0.717, 1.165) is 25.3 Å². The van der Waals surface area contributed by atoms with Crippen LogP contribution in [-0.2, 0) is 6.42 Å². The van der Waals surface area contributed by atoms with Gasteiger partial charge >= 0.3 is 0 Å². The summed E-state index contributed by atoms with van der Waals surface area (Å²) in [4.78, 5) is 0. The summed E-state index contributed by atoms with van der Waals surface area (Å²) in [5.41, 5.74) is 1.33. The molecule has 0 aliphatic heterocycles. The molecule has 0 bridgehead atoms. The molecule has 0 aliphatic carbocycles. The zero-order valence-electron chi connectivity index (χ0n) is 12.4. The number of rotatable bonds is 10. The van der Waals surface area contributed by atoms with Crippen LogP contribution < -0.4 is 10.1 Å². The van der Waals surface area contributed by atoms with Crippen molar-refractivity contribution in [2.75, 3.05) is 32.2 Å². The number of thioether (sulfide) groups is 1. The maximum Gasteiger partial charge on any atom is 0.122 e. The van der Waals surface area contributed by atoms with E-state index < -0.39 is 0 Å². The Hall–Kier alpha value is -0.670. The summed E-state index contributed by atoms with van der Waals surface area (Å²) in [7, 11) is 1.76. The van der Waals surface area contributed by atoms with Crippen molar-refractivity contribution in [2.24, 2.45) is 5.92 Å². The second-order valence-electron chi connectivity index (χ2n) is 4.87. The molecule has 0 aromatic heterocycles. The Labute approximate surface area is 122 Å². The minimum atomic E-state index is 0.690. The van der Waals surface area contributed by atoms with E-state index in [0.29, 0.717) is 5.92 Å². The Morgan fingerprint density at radius 2 is 2.11 bits per heavy atom. The lowest BCUT2D eigenvalue weighted by atomic mass is 9.96. The van der Waals surface area contributed by atoms with E-state index in [-0.39, 0.29) is 0 Å². The molecule has 19 heavy (non-hydrogen) atoms. The molecule has 108 valence electrons. The third-order valence-electron chi connectivity index (χ3n) is 3.29. The lowest BCUT2D eigenvalue weighted by molar-refractivity contribution is 0.399. The first kappa shape index (κ1) is 16.4. The van der Waals surface area contributed by atoms with E-state index in [1.807, 2.05) is 17.8 Å². The second-order valence-corrected chi connectivity index (χ2v) is 5.85. The Balaban J connectivity index is 2.58. The predicted octanol–water partition coefficient (Wildman–Crippen LogP) is 3.61. The maximum atomic E-state index is 5.45. The smallest absolute Gasteiger partial charge is 0.122 e. The zero-order chi connectivity index (χ0) is 13.9. The molecular formula is C16H27NOS. The summed E-state index contributed by atoms with van der Waals surface area (Å²) in [5.74, 6) is 2.94. The molecule has 2 nitrogen and oxygen atoms in total. The Bertz CT molecular complexity index is 343. The molecule has 0 aliphatic rings. The van der Waals surface area contributed by atoms with Gasteiger partial charge in [-0.15, -0.1) is 0 Å². The first-order chi connectivity index (χ1) is 9.31. The molecule has 0 amide bonds. The third kappa shape index (κ3) is 6.35. The lowest BCUT2D eigenvalue weighted by Gasteiger charge is -2.18. The van der Waals surface area contributed by atoms with E-state index in [9.17, 15) is 0 Å². The lowest BCUT2D eigenvalue weighted by Crippen LogP contribution is -2.25. The molecule has 0 spiro atoms. The molecule has 1 atom stereocenters. The van der Waals surface area contributed by atoms with E-state index in [2.05, 4.69) is 36.7 Å². The van der Waals surface area contributed by atoms with Gasteiger partial charge in [0, 0.05) is 0 Å². The van der Waals surface area contributed by atoms with Crippen LogP contribution in [0.3, 0.4) is 0 Å². The van der Waals surface area contributed by atoms with Crippen molar-refractivity contribution < 1.29 is 4.74 Å². The number of ether oxygens (including phenoxy) is 1. The molecule has 1 N–H and O–H groups in total. The molecule has 0 saturated heterocycles. The molecule has 3 heteroatoms. The number of benzene rings is 1. The van der Waals surface area contributed by atoms with E-state index in [1.54, 1.807) is 7.11 Å². The highest BCUT2D eigenvalue weighted by molar-refractivity contribution is 7.98. The Morgan fingerprint density at radius 3 is 2.79 bits per heavy atom. The normalized spacial score (nSPS) is 12.4. The van der Waals surface area contributed by atoms with Crippen LogP contribution in [0.5, 0.6) is 5.75 Å². The van der Waals surface area contributed by atoms with Crippen LogP contribution in [0.4, 0.5) is 0 Å². The summed E-state index contributed by atoms with van der Waals surface area (Å²) in [6.45, 7) is 4.43. The van der Waals surface area contributed by atoms with E-state index >= 15 is 0 Å². The third-order valence-corrected chi connectivity index (χ3v) is 3.94. The van der Waals surface area contributed by atoms with Gasteiger partial charge in [-0.25, -0.2) is 0 Å². The van der Waals surface area contributed by atoms with Crippen LogP contribution in [0.25, 0.3) is 0 Å². The van der Waals surface area contributed by atoms with Crippen LogP contribution in [0, 0.1) is 5.92 Å². The molecule has 1 aromatic rings. The monoisotopic (exact) mass is 281 g/mol. The van der Waals surface area contributed by atoms with Gasteiger partial charge in [0.25, 0.3) is 0 Å². The van der Waals surface area contributed by atoms with Gasteiger partial charge in [-0.05, 0) is 61.9 Å². The van der Waals surface area contributed by atoms with Gasteiger partial charge in [0.2, 0.25) is 0 Å². The number of methoxy groups -OCH3 is 1. The van der Waals surface area contributed by atoms with Gasteiger partial charge in [0.05, 0.1) is 7.11 Å². The fraction of sp³-hybridized carbons (Fsp3) is 0.625. The van der Waals surface area contributed by atoms with E-state index in [4.69, 9.17) is 4.74 Å². The molecule has 0 radical (unpaired) electrons. The van der Waals surface area contributed by atoms with Crippen molar-refractivity contribution in [1.82, 2.24) is 5.32 Å². The number of nitrogens with one attached hydrogen (secondary N) is 1. The quantitative estimate of drug-likeness (QED) is 0.662. The summed E-state index contributed by atoms with van der Waals surface area (Å²) < 4.78 is 5.45. The fourth-order valence-electron chi connectivity index (χ4n) is 2.23. The van der Waals surface area contributed by atoms with Gasteiger partial charge in [-0.2, -0.15) is 11.8 Å². The first-order valence-corrected chi connectivity index (χ1v) is 8.52. The maximum absolute atomic E-state index is 5.45. The predicted molar refractivity (Wildman–Crippen MR) is 86.3 cm³/mol. The molecule has 0 saturated carbocycles. The molecule has 1 aromatic carbocycles. The van der Waals surface area contributed by atoms with Crippen LogP contribution in [0.1, 0.15) is 25.3 Å². The second kappa shape index (κ2) is 10.2. The van der Waals surface area contributed by atoms with Crippen LogP contribution in [0.15, 0.2) is 24.3 Å². The van der Waals surface area contributed by atoms with Crippen molar-refractivity contribution in [2.45, 2.75) is 26.2 Å². The largest absolute Gasteiger partial charge is 0.496 e. The summed E-state index contributed by atoms with van der Waals surface area (Å²) in [6, 6.07) is 8.38. The summed E-state index contributed by atoms with van der Waals surface area (Å²) in [5, 5.41) is 3.55. The van der Waals surface area contributed by atoms with Gasteiger partial charge in [-0.3, -0.25) is 0 Å².